The van der Waals surface area contributed by atoms with Gasteiger partial charge in [0.05, 0.1) is 5.52 Å². The molecule has 0 aliphatic heterocycles. The number of hydrogen-bond donors (Lipinski definition) is 1. The zero-order valence-electron chi connectivity index (χ0n) is 8.53. The number of rotatable bonds is 1. The fraction of sp³-hybridized carbons (Fsp3) is 0.200. The number of aromatic nitrogens is 2. The molecule has 0 atom stereocenters. The molecule has 0 aliphatic carbocycles. The number of halogens is 1. The summed E-state index contributed by atoms with van der Waals surface area (Å²) in [7, 11) is 3.74. The molecule has 0 radical (unpaired) electrons. The molecule has 0 spiro atoms. The summed E-state index contributed by atoms with van der Waals surface area (Å²) >= 11 is 5.87. The van der Waals surface area contributed by atoms with Crippen molar-refractivity contribution in [3.63, 3.8) is 0 Å². The molecule has 1 aromatic carbocycles. The van der Waals surface area contributed by atoms with Crippen LogP contribution in [-0.4, -0.2) is 24.1 Å². The van der Waals surface area contributed by atoms with Crippen LogP contribution in [0.2, 0.25) is 5.02 Å². The minimum atomic E-state index is 0.450. The molecule has 0 aliphatic rings. The molecule has 1 heterocycles. The maximum atomic E-state index is 5.87. The molecule has 0 fully saturated rings. The van der Waals surface area contributed by atoms with E-state index < -0.39 is 0 Å². The molecule has 0 saturated heterocycles. The maximum Gasteiger partial charge on any atom is 0.227 e. The molecule has 1 aromatic heterocycles. The van der Waals surface area contributed by atoms with Gasteiger partial charge in [0.1, 0.15) is 5.82 Å². The van der Waals surface area contributed by atoms with Gasteiger partial charge in [0.15, 0.2) is 0 Å². The van der Waals surface area contributed by atoms with Crippen molar-refractivity contribution in [3.8, 4) is 0 Å². The molecule has 2 N–H and O–H groups in total. The van der Waals surface area contributed by atoms with Crippen molar-refractivity contribution in [2.45, 2.75) is 0 Å². The quantitative estimate of drug-likeness (QED) is 0.801. The van der Waals surface area contributed by atoms with E-state index >= 15 is 0 Å². The monoisotopic (exact) mass is 222 g/mol. The van der Waals surface area contributed by atoms with Gasteiger partial charge in [-0.25, -0.2) is 4.98 Å². The Bertz CT molecular complexity index is 510. The van der Waals surface area contributed by atoms with E-state index in [1.807, 2.05) is 25.1 Å². The van der Waals surface area contributed by atoms with Crippen molar-refractivity contribution in [1.29, 1.82) is 0 Å². The van der Waals surface area contributed by atoms with Gasteiger partial charge in [0, 0.05) is 24.5 Å². The highest BCUT2D eigenvalue weighted by Crippen LogP contribution is 2.23. The molecule has 4 nitrogen and oxygen atoms in total. The minimum absolute atomic E-state index is 0.450. The molecule has 0 amide bonds. The van der Waals surface area contributed by atoms with Crippen LogP contribution < -0.4 is 10.6 Å². The molecule has 15 heavy (non-hydrogen) atoms. The first-order valence-electron chi connectivity index (χ1n) is 4.48. The van der Waals surface area contributed by atoms with Crippen LogP contribution in [0.15, 0.2) is 18.2 Å². The van der Waals surface area contributed by atoms with Gasteiger partial charge in [0.25, 0.3) is 0 Å². The summed E-state index contributed by atoms with van der Waals surface area (Å²) in [6.45, 7) is 0. The van der Waals surface area contributed by atoms with Gasteiger partial charge in [-0.15, -0.1) is 0 Å². The lowest BCUT2D eigenvalue weighted by Crippen LogP contribution is -2.13. The Kier molecular flexibility index (Phi) is 2.36. The maximum absolute atomic E-state index is 5.87. The third-order valence-corrected chi connectivity index (χ3v) is 2.31. The van der Waals surface area contributed by atoms with E-state index in [4.69, 9.17) is 17.3 Å². The summed E-state index contributed by atoms with van der Waals surface area (Å²) in [4.78, 5) is 10.3. The number of benzene rings is 1. The number of fused-ring (bicyclic) bond motifs is 1. The van der Waals surface area contributed by atoms with Gasteiger partial charge in [-0.05, 0) is 18.2 Å². The Hall–Kier alpha value is -1.55. The first-order valence-corrected chi connectivity index (χ1v) is 4.86. The molecular weight excluding hydrogens is 212 g/mol. The lowest BCUT2D eigenvalue weighted by molar-refractivity contribution is 1.02. The SMILES string of the molecule is CN(C)c1nc(N)c2cc(Cl)ccc2n1. The molecule has 5 heteroatoms. The summed E-state index contributed by atoms with van der Waals surface area (Å²) in [6.07, 6.45) is 0. The van der Waals surface area contributed by atoms with E-state index in [0.717, 1.165) is 10.9 Å². The highest BCUT2D eigenvalue weighted by molar-refractivity contribution is 6.31. The van der Waals surface area contributed by atoms with Crippen LogP contribution in [0.3, 0.4) is 0 Å². The van der Waals surface area contributed by atoms with Gasteiger partial charge >= 0.3 is 0 Å². The summed E-state index contributed by atoms with van der Waals surface area (Å²) < 4.78 is 0. The standard InChI is InChI=1S/C10H11ClN4/c1-15(2)10-13-8-4-3-6(11)5-7(8)9(12)14-10/h3-5H,1-2H3,(H2,12,13,14). The van der Waals surface area contributed by atoms with Crippen LogP contribution in [0.1, 0.15) is 0 Å². The second-order valence-corrected chi connectivity index (χ2v) is 3.90. The van der Waals surface area contributed by atoms with E-state index in [9.17, 15) is 0 Å². The van der Waals surface area contributed by atoms with Gasteiger partial charge in [-0.3, -0.25) is 0 Å². The Balaban J connectivity index is 2.73. The van der Waals surface area contributed by atoms with E-state index in [1.165, 1.54) is 0 Å². The van der Waals surface area contributed by atoms with Crippen LogP contribution >= 0.6 is 11.6 Å². The van der Waals surface area contributed by atoms with Crippen LogP contribution in [0.5, 0.6) is 0 Å². The number of nitrogens with zero attached hydrogens (tertiary/aromatic N) is 3. The first kappa shape index (κ1) is 9.98. The van der Waals surface area contributed by atoms with Crippen LogP contribution in [0.25, 0.3) is 10.9 Å². The first-order chi connectivity index (χ1) is 7.08. The molecule has 0 saturated carbocycles. The Labute approximate surface area is 92.7 Å². The van der Waals surface area contributed by atoms with Crippen LogP contribution in [-0.2, 0) is 0 Å². The van der Waals surface area contributed by atoms with Gasteiger partial charge < -0.3 is 10.6 Å². The normalized spacial score (nSPS) is 10.6. The molecule has 78 valence electrons. The van der Waals surface area contributed by atoms with Crippen molar-refractivity contribution in [2.75, 3.05) is 24.7 Å². The summed E-state index contributed by atoms with van der Waals surface area (Å²) in [6, 6.07) is 5.39. The average molecular weight is 223 g/mol. The third-order valence-electron chi connectivity index (χ3n) is 2.08. The molecule has 2 rings (SSSR count). The highest BCUT2D eigenvalue weighted by Gasteiger charge is 2.06. The Morgan fingerprint density at radius 1 is 1.27 bits per heavy atom. The van der Waals surface area contributed by atoms with Crippen molar-refractivity contribution in [3.05, 3.63) is 23.2 Å². The van der Waals surface area contributed by atoms with E-state index in [0.29, 0.717) is 16.8 Å². The average Bonchev–Trinajstić information content (AvgIpc) is 2.18. The topological polar surface area (TPSA) is 55.0 Å². The van der Waals surface area contributed by atoms with E-state index in [1.54, 1.807) is 12.1 Å². The Morgan fingerprint density at radius 3 is 2.67 bits per heavy atom. The van der Waals surface area contributed by atoms with Crippen molar-refractivity contribution in [1.82, 2.24) is 9.97 Å². The number of hydrogen-bond acceptors (Lipinski definition) is 4. The predicted molar refractivity (Wildman–Crippen MR) is 63.3 cm³/mol. The molecule has 0 bridgehead atoms. The summed E-state index contributed by atoms with van der Waals surface area (Å²) in [5, 5.41) is 1.42. The number of nitrogens with two attached hydrogens (primary N) is 1. The fourth-order valence-corrected chi connectivity index (χ4v) is 1.48. The predicted octanol–water partition coefficient (Wildman–Crippen LogP) is 1.93. The van der Waals surface area contributed by atoms with Crippen LogP contribution in [0, 0.1) is 0 Å². The van der Waals surface area contributed by atoms with Crippen LogP contribution in [0.4, 0.5) is 11.8 Å². The zero-order valence-corrected chi connectivity index (χ0v) is 9.28. The smallest absolute Gasteiger partial charge is 0.227 e. The van der Waals surface area contributed by atoms with Crippen molar-refractivity contribution >= 4 is 34.3 Å². The van der Waals surface area contributed by atoms with E-state index in [-0.39, 0.29) is 0 Å². The van der Waals surface area contributed by atoms with Gasteiger partial charge in [0.2, 0.25) is 5.95 Å². The lowest BCUT2D eigenvalue weighted by atomic mass is 10.2. The van der Waals surface area contributed by atoms with Gasteiger partial charge in [-0.2, -0.15) is 4.98 Å². The second kappa shape index (κ2) is 3.55. The van der Waals surface area contributed by atoms with Gasteiger partial charge in [-0.1, -0.05) is 11.6 Å². The van der Waals surface area contributed by atoms with Crippen molar-refractivity contribution < 1.29 is 0 Å². The number of anilines is 2. The zero-order chi connectivity index (χ0) is 11.0. The molecule has 0 unspecified atom stereocenters. The van der Waals surface area contributed by atoms with Crippen molar-refractivity contribution in [2.24, 2.45) is 0 Å². The second-order valence-electron chi connectivity index (χ2n) is 3.46. The molecule has 2 aromatic rings. The fourth-order valence-electron chi connectivity index (χ4n) is 1.31. The van der Waals surface area contributed by atoms with E-state index in [2.05, 4.69) is 9.97 Å². The minimum Gasteiger partial charge on any atom is -0.383 e. The summed E-state index contributed by atoms with van der Waals surface area (Å²) in [5.74, 6) is 1.05. The molecular formula is C10H11ClN4. The summed E-state index contributed by atoms with van der Waals surface area (Å²) in [5.41, 5.74) is 6.63. The largest absolute Gasteiger partial charge is 0.383 e. The Morgan fingerprint density at radius 2 is 2.00 bits per heavy atom. The third kappa shape index (κ3) is 1.80. The number of nitrogen functional groups attached to an aromatic ring is 1. The lowest BCUT2D eigenvalue weighted by Gasteiger charge is -2.11. The highest BCUT2D eigenvalue weighted by atomic mass is 35.5.